The van der Waals surface area contributed by atoms with Crippen LogP contribution in [0, 0.1) is 17.0 Å². The molecule has 0 saturated carbocycles. The van der Waals surface area contributed by atoms with E-state index >= 15 is 0 Å². The molecular weight excluding hydrogens is 188 g/mol. The zero-order chi connectivity index (χ0) is 10.0. The SMILES string of the molecule is Cc1cc(C(N)=S)ccc1[N+](=O)[O-]. The van der Waals surface area contributed by atoms with Crippen LogP contribution in [0.15, 0.2) is 18.2 Å². The van der Waals surface area contributed by atoms with Crippen molar-refractivity contribution in [1.82, 2.24) is 0 Å². The fourth-order valence-electron chi connectivity index (χ4n) is 1.01. The minimum atomic E-state index is -0.432. The summed E-state index contributed by atoms with van der Waals surface area (Å²) < 4.78 is 0. The Morgan fingerprint density at radius 3 is 2.62 bits per heavy atom. The molecule has 0 spiro atoms. The van der Waals surface area contributed by atoms with E-state index < -0.39 is 4.92 Å². The molecule has 0 atom stereocenters. The average molecular weight is 196 g/mol. The zero-order valence-electron chi connectivity index (χ0n) is 6.98. The highest BCUT2D eigenvalue weighted by Crippen LogP contribution is 2.18. The molecule has 2 N–H and O–H groups in total. The van der Waals surface area contributed by atoms with Crippen LogP contribution < -0.4 is 5.73 Å². The third-order valence-corrected chi connectivity index (χ3v) is 1.91. The number of nitrogens with two attached hydrogens (primary N) is 1. The first-order valence-corrected chi connectivity index (χ1v) is 3.98. The lowest BCUT2D eigenvalue weighted by Crippen LogP contribution is -2.09. The van der Waals surface area contributed by atoms with Crippen LogP contribution in [0.3, 0.4) is 0 Å². The Morgan fingerprint density at radius 2 is 2.23 bits per heavy atom. The highest BCUT2D eigenvalue weighted by molar-refractivity contribution is 7.80. The molecule has 0 amide bonds. The van der Waals surface area contributed by atoms with Crippen molar-refractivity contribution in [3.8, 4) is 0 Å². The number of nitro groups is 1. The lowest BCUT2D eigenvalue weighted by molar-refractivity contribution is -0.385. The largest absolute Gasteiger partial charge is 0.389 e. The van der Waals surface area contributed by atoms with Gasteiger partial charge in [0.05, 0.1) is 4.92 Å². The van der Waals surface area contributed by atoms with Crippen LogP contribution in [0.1, 0.15) is 11.1 Å². The van der Waals surface area contributed by atoms with E-state index in [0.29, 0.717) is 11.1 Å². The van der Waals surface area contributed by atoms with Crippen LogP contribution in [-0.4, -0.2) is 9.91 Å². The third kappa shape index (κ3) is 2.00. The minimum Gasteiger partial charge on any atom is -0.389 e. The van der Waals surface area contributed by atoms with E-state index in [1.165, 1.54) is 6.07 Å². The Morgan fingerprint density at radius 1 is 1.62 bits per heavy atom. The third-order valence-electron chi connectivity index (χ3n) is 1.68. The van der Waals surface area contributed by atoms with Crippen LogP contribution in [-0.2, 0) is 0 Å². The normalized spacial score (nSPS) is 9.62. The number of hydrogen-bond acceptors (Lipinski definition) is 3. The predicted octanol–water partition coefficient (Wildman–Crippen LogP) is 1.54. The number of benzene rings is 1. The Balaban J connectivity index is 3.20. The molecule has 0 aromatic heterocycles. The average Bonchev–Trinajstić information content (AvgIpc) is 2.03. The Labute approximate surface area is 80.5 Å². The maximum absolute atomic E-state index is 10.4. The van der Waals surface area contributed by atoms with Crippen molar-refractivity contribution in [3.63, 3.8) is 0 Å². The van der Waals surface area contributed by atoms with Gasteiger partial charge in [-0.1, -0.05) is 12.2 Å². The zero-order valence-corrected chi connectivity index (χ0v) is 7.80. The fourth-order valence-corrected chi connectivity index (χ4v) is 1.14. The van der Waals surface area contributed by atoms with Gasteiger partial charge in [-0.25, -0.2) is 0 Å². The van der Waals surface area contributed by atoms with Gasteiger partial charge < -0.3 is 5.73 Å². The van der Waals surface area contributed by atoms with Crippen molar-refractivity contribution in [2.45, 2.75) is 6.92 Å². The standard InChI is InChI=1S/C8H8N2O2S/c1-5-4-6(8(9)13)2-3-7(5)10(11)12/h2-4H,1H3,(H2,9,13). The fraction of sp³-hybridized carbons (Fsp3) is 0.125. The van der Waals surface area contributed by atoms with Gasteiger partial charge in [0.2, 0.25) is 0 Å². The number of rotatable bonds is 2. The number of nitro benzene ring substituents is 1. The van der Waals surface area contributed by atoms with Crippen LogP contribution in [0.4, 0.5) is 5.69 Å². The van der Waals surface area contributed by atoms with Gasteiger partial charge >= 0.3 is 0 Å². The molecule has 0 heterocycles. The van der Waals surface area contributed by atoms with Crippen LogP contribution in [0.25, 0.3) is 0 Å². The van der Waals surface area contributed by atoms with Gasteiger partial charge in [0.1, 0.15) is 4.99 Å². The maximum Gasteiger partial charge on any atom is 0.272 e. The van der Waals surface area contributed by atoms with Crippen molar-refractivity contribution in [2.75, 3.05) is 0 Å². The van der Waals surface area contributed by atoms with Gasteiger partial charge in [-0.15, -0.1) is 0 Å². The van der Waals surface area contributed by atoms with Crippen LogP contribution in [0.2, 0.25) is 0 Å². The topological polar surface area (TPSA) is 69.2 Å². The molecule has 5 heteroatoms. The first kappa shape index (κ1) is 9.60. The molecule has 0 saturated heterocycles. The van der Waals surface area contributed by atoms with Crippen molar-refractivity contribution in [3.05, 3.63) is 39.4 Å². The summed E-state index contributed by atoms with van der Waals surface area (Å²) in [6, 6.07) is 4.57. The van der Waals surface area contributed by atoms with Crippen molar-refractivity contribution in [1.29, 1.82) is 0 Å². The number of thiocarbonyl (C=S) groups is 1. The van der Waals surface area contributed by atoms with E-state index in [9.17, 15) is 10.1 Å². The number of aryl methyl sites for hydroxylation is 1. The first-order chi connectivity index (χ1) is 6.02. The summed E-state index contributed by atoms with van der Waals surface area (Å²) in [5, 5.41) is 10.4. The molecule has 13 heavy (non-hydrogen) atoms. The van der Waals surface area contributed by atoms with E-state index in [0.717, 1.165) is 0 Å². The molecule has 0 unspecified atom stereocenters. The number of nitrogens with zero attached hydrogens (tertiary/aromatic N) is 1. The molecule has 1 rings (SSSR count). The molecule has 0 aliphatic heterocycles. The van der Waals surface area contributed by atoms with Gasteiger partial charge in [0.25, 0.3) is 5.69 Å². The molecular formula is C8H8N2O2S. The Hall–Kier alpha value is -1.49. The van der Waals surface area contributed by atoms with Crippen LogP contribution in [0.5, 0.6) is 0 Å². The minimum absolute atomic E-state index is 0.0833. The summed E-state index contributed by atoms with van der Waals surface area (Å²) in [6.07, 6.45) is 0. The Kier molecular flexibility index (Phi) is 2.57. The van der Waals surface area contributed by atoms with Gasteiger partial charge in [-0.05, 0) is 19.1 Å². The van der Waals surface area contributed by atoms with Crippen molar-refractivity contribution >= 4 is 22.9 Å². The molecule has 0 aliphatic rings. The molecule has 0 aliphatic carbocycles. The van der Waals surface area contributed by atoms with Gasteiger partial charge in [0.15, 0.2) is 0 Å². The summed E-state index contributed by atoms with van der Waals surface area (Å²) in [6.45, 7) is 1.65. The van der Waals surface area contributed by atoms with Gasteiger partial charge in [-0.3, -0.25) is 10.1 Å². The molecule has 1 aromatic carbocycles. The molecule has 1 aromatic rings. The smallest absolute Gasteiger partial charge is 0.272 e. The molecule has 0 bridgehead atoms. The second-order valence-corrected chi connectivity index (χ2v) is 3.06. The second-order valence-electron chi connectivity index (χ2n) is 2.62. The molecule has 0 fully saturated rings. The summed E-state index contributed by atoms with van der Waals surface area (Å²) in [5.41, 5.74) is 6.67. The second kappa shape index (κ2) is 3.49. The highest BCUT2D eigenvalue weighted by atomic mass is 32.1. The highest BCUT2D eigenvalue weighted by Gasteiger charge is 2.10. The number of hydrogen-bond donors (Lipinski definition) is 1. The Bertz CT molecular complexity index is 376. The lowest BCUT2D eigenvalue weighted by Gasteiger charge is -2.00. The summed E-state index contributed by atoms with van der Waals surface area (Å²) in [5.74, 6) is 0. The molecule has 0 radical (unpaired) electrons. The summed E-state index contributed by atoms with van der Waals surface area (Å²) >= 11 is 4.74. The quantitative estimate of drug-likeness (QED) is 0.442. The van der Waals surface area contributed by atoms with E-state index in [1.807, 2.05) is 0 Å². The lowest BCUT2D eigenvalue weighted by atomic mass is 10.1. The maximum atomic E-state index is 10.4. The van der Waals surface area contributed by atoms with Crippen molar-refractivity contribution < 1.29 is 4.92 Å². The molecule has 4 nitrogen and oxygen atoms in total. The summed E-state index contributed by atoms with van der Waals surface area (Å²) in [7, 11) is 0. The van der Waals surface area contributed by atoms with Gasteiger partial charge in [0, 0.05) is 17.2 Å². The monoisotopic (exact) mass is 196 g/mol. The van der Waals surface area contributed by atoms with E-state index in [1.54, 1.807) is 19.1 Å². The van der Waals surface area contributed by atoms with Crippen molar-refractivity contribution in [2.24, 2.45) is 5.73 Å². The predicted molar refractivity (Wildman–Crippen MR) is 53.7 cm³/mol. The van der Waals surface area contributed by atoms with Crippen LogP contribution >= 0.6 is 12.2 Å². The van der Waals surface area contributed by atoms with E-state index in [2.05, 4.69) is 0 Å². The first-order valence-electron chi connectivity index (χ1n) is 3.57. The summed E-state index contributed by atoms with van der Waals surface area (Å²) in [4.78, 5) is 10.3. The molecule has 68 valence electrons. The van der Waals surface area contributed by atoms with E-state index in [-0.39, 0.29) is 10.7 Å². The van der Waals surface area contributed by atoms with E-state index in [4.69, 9.17) is 18.0 Å². The van der Waals surface area contributed by atoms with Gasteiger partial charge in [-0.2, -0.15) is 0 Å².